The number of para-hydroxylation sites is 1. The van der Waals surface area contributed by atoms with Gasteiger partial charge in [-0.3, -0.25) is 0 Å². The molecule has 0 bridgehead atoms. The summed E-state index contributed by atoms with van der Waals surface area (Å²) in [5.41, 5.74) is 8.97. The standard InChI is InChI=1S/C15H16INO/c1-2-3-5-12(10-17)13-7-4-6-11-8-9-14(16)18-15(11)13/h2-7,10,14H,1,8-9,17H2/b5-3-,12-10+/t14-/m1/s1. The minimum Gasteiger partial charge on any atom is -0.479 e. The van der Waals surface area contributed by atoms with Crippen molar-refractivity contribution in [1.29, 1.82) is 0 Å². The van der Waals surface area contributed by atoms with Gasteiger partial charge in [-0.2, -0.15) is 0 Å². The van der Waals surface area contributed by atoms with Crippen molar-refractivity contribution in [1.82, 2.24) is 0 Å². The van der Waals surface area contributed by atoms with E-state index in [1.165, 1.54) is 5.56 Å². The van der Waals surface area contributed by atoms with E-state index in [1.54, 1.807) is 12.3 Å². The van der Waals surface area contributed by atoms with Gasteiger partial charge in [0.05, 0.1) is 0 Å². The van der Waals surface area contributed by atoms with Crippen molar-refractivity contribution < 1.29 is 4.74 Å². The van der Waals surface area contributed by atoms with Crippen molar-refractivity contribution in [3.05, 3.63) is 60.3 Å². The van der Waals surface area contributed by atoms with Gasteiger partial charge in [0, 0.05) is 17.3 Å². The predicted octanol–water partition coefficient (Wildman–Crippen LogP) is 3.81. The summed E-state index contributed by atoms with van der Waals surface area (Å²) in [6.07, 6.45) is 9.28. The second-order valence-electron chi connectivity index (χ2n) is 4.08. The molecular weight excluding hydrogens is 337 g/mol. The average molecular weight is 353 g/mol. The second-order valence-corrected chi connectivity index (χ2v) is 5.47. The molecule has 94 valence electrons. The number of fused-ring (bicyclic) bond motifs is 1. The first-order valence-corrected chi connectivity index (χ1v) is 7.15. The van der Waals surface area contributed by atoms with Crippen molar-refractivity contribution in [3.8, 4) is 5.75 Å². The molecule has 1 aromatic carbocycles. The van der Waals surface area contributed by atoms with Gasteiger partial charge in [0.25, 0.3) is 0 Å². The fraction of sp³-hybridized carbons (Fsp3) is 0.200. The van der Waals surface area contributed by atoms with Gasteiger partial charge < -0.3 is 10.5 Å². The number of hydrogen-bond donors (Lipinski definition) is 1. The van der Waals surface area contributed by atoms with Crippen LogP contribution in [0.4, 0.5) is 0 Å². The normalized spacial score (nSPS) is 19.4. The fourth-order valence-electron chi connectivity index (χ4n) is 2.01. The molecule has 1 atom stereocenters. The zero-order chi connectivity index (χ0) is 13.0. The van der Waals surface area contributed by atoms with Crippen molar-refractivity contribution in [2.24, 2.45) is 5.73 Å². The number of nitrogens with two attached hydrogens (primary N) is 1. The molecule has 1 aromatic rings. The van der Waals surface area contributed by atoms with Crippen LogP contribution in [0.1, 0.15) is 17.5 Å². The Hall–Kier alpha value is -1.23. The van der Waals surface area contributed by atoms with E-state index >= 15 is 0 Å². The van der Waals surface area contributed by atoms with Crippen LogP contribution in [0, 0.1) is 0 Å². The minimum absolute atomic E-state index is 0.235. The van der Waals surface area contributed by atoms with E-state index in [0.717, 1.165) is 29.7 Å². The van der Waals surface area contributed by atoms with E-state index < -0.39 is 0 Å². The van der Waals surface area contributed by atoms with Crippen LogP contribution in [0.3, 0.4) is 0 Å². The quantitative estimate of drug-likeness (QED) is 0.510. The molecule has 0 saturated heterocycles. The van der Waals surface area contributed by atoms with Gasteiger partial charge in [-0.25, -0.2) is 0 Å². The Labute approximate surface area is 121 Å². The molecule has 1 aliphatic rings. The first kappa shape index (κ1) is 13.2. The smallest absolute Gasteiger partial charge is 0.149 e. The number of benzene rings is 1. The van der Waals surface area contributed by atoms with Gasteiger partial charge in [-0.05, 0) is 41.0 Å². The number of ether oxygens (including phenoxy) is 1. The highest BCUT2D eigenvalue weighted by molar-refractivity contribution is 14.1. The zero-order valence-electron chi connectivity index (χ0n) is 10.1. The van der Waals surface area contributed by atoms with Crippen LogP contribution in [0.2, 0.25) is 0 Å². The Balaban J connectivity index is 2.45. The average Bonchev–Trinajstić information content (AvgIpc) is 2.40. The van der Waals surface area contributed by atoms with Crippen LogP contribution in [0.5, 0.6) is 5.75 Å². The maximum Gasteiger partial charge on any atom is 0.149 e. The van der Waals surface area contributed by atoms with Crippen molar-refractivity contribution in [3.63, 3.8) is 0 Å². The molecule has 1 aliphatic heterocycles. The molecule has 0 aliphatic carbocycles. The molecule has 2 N–H and O–H groups in total. The second kappa shape index (κ2) is 6.09. The van der Waals surface area contributed by atoms with Gasteiger partial charge in [-0.1, -0.05) is 43.0 Å². The summed E-state index contributed by atoms with van der Waals surface area (Å²) >= 11 is 2.33. The first-order valence-electron chi connectivity index (χ1n) is 5.90. The predicted molar refractivity (Wildman–Crippen MR) is 84.7 cm³/mol. The molecule has 18 heavy (non-hydrogen) atoms. The lowest BCUT2D eigenvalue weighted by Crippen LogP contribution is -2.17. The lowest BCUT2D eigenvalue weighted by Gasteiger charge is -2.24. The third-order valence-electron chi connectivity index (χ3n) is 2.89. The molecule has 0 spiro atoms. The maximum atomic E-state index is 5.96. The summed E-state index contributed by atoms with van der Waals surface area (Å²) in [5.74, 6) is 0.966. The molecule has 0 unspecified atom stereocenters. The minimum atomic E-state index is 0.235. The van der Waals surface area contributed by atoms with Gasteiger partial charge in [0.1, 0.15) is 9.86 Å². The van der Waals surface area contributed by atoms with E-state index in [4.69, 9.17) is 10.5 Å². The monoisotopic (exact) mass is 353 g/mol. The summed E-state index contributed by atoms with van der Waals surface area (Å²) in [6.45, 7) is 3.67. The van der Waals surface area contributed by atoms with Gasteiger partial charge in [0.2, 0.25) is 0 Å². The Morgan fingerprint density at radius 1 is 1.50 bits per heavy atom. The molecular formula is C15H16INO. The molecule has 0 aromatic heterocycles. The number of rotatable bonds is 3. The van der Waals surface area contributed by atoms with Crippen LogP contribution in [-0.2, 0) is 6.42 Å². The van der Waals surface area contributed by atoms with Gasteiger partial charge >= 0.3 is 0 Å². The number of halogens is 1. The highest BCUT2D eigenvalue weighted by atomic mass is 127. The van der Waals surface area contributed by atoms with E-state index in [2.05, 4.69) is 41.3 Å². The van der Waals surface area contributed by atoms with Gasteiger partial charge in [0.15, 0.2) is 0 Å². The fourth-order valence-corrected chi connectivity index (χ4v) is 2.58. The lowest BCUT2D eigenvalue weighted by molar-refractivity contribution is 0.270. The zero-order valence-corrected chi connectivity index (χ0v) is 12.3. The van der Waals surface area contributed by atoms with E-state index in [-0.39, 0.29) is 4.11 Å². The highest BCUT2D eigenvalue weighted by Gasteiger charge is 2.20. The van der Waals surface area contributed by atoms with Crippen LogP contribution >= 0.6 is 22.6 Å². The molecule has 0 fully saturated rings. The first-order chi connectivity index (χ1) is 8.76. The van der Waals surface area contributed by atoms with E-state index in [1.807, 2.05) is 18.2 Å². The van der Waals surface area contributed by atoms with Crippen LogP contribution in [0.15, 0.2) is 49.2 Å². The summed E-state index contributed by atoms with van der Waals surface area (Å²) in [5, 5.41) is 0. The Morgan fingerprint density at radius 3 is 3.06 bits per heavy atom. The molecule has 2 rings (SSSR count). The summed E-state index contributed by atoms with van der Waals surface area (Å²) in [6, 6.07) is 6.21. The number of alkyl halides is 1. The molecule has 2 nitrogen and oxygen atoms in total. The summed E-state index contributed by atoms with van der Waals surface area (Å²) < 4.78 is 6.19. The number of allylic oxidation sites excluding steroid dienone is 4. The SMILES string of the molecule is C=C/C=C\C(=C/N)c1cccc2c1O[C@@H](I)CC2. The molecule has 0 saturated carbocycles. The Kier molecular flexibility index (Phi) is 4.47. The van der Waals surface area contributed by atoms with Crippen molar-refractivity contribution >= 4 is 28.2 Å². The topological polar surface area (TPSA) is 35.2 Å². The van der Waals surface area contributed by atoms with Crippen molar-refractivity contribution in [2.75, 3.05) is 0 Å². The summed E-state index contributed by atoms with van der Waals surface area (Å²) in [4.78, 5) is 0. The number of hydrogen-bond acceptors (Lipinski definition) is 2. The third-order valence-corrected chi connectivity index (χ3v) is 3.76. The third kappa shape index (κ3) is 2.77. The van der Waals surface area contributed by atoms with Crippen molar-refractivity contribution in [2.45, 2.75) is 17.0 Å². The Morgan fingerprint density at radius 2 is 2.33 bits per heavy atom. The molecule has 0 radical (unpaired) electrons. The largest absolute Gasteiger partial charge is 0.479 e. The van der Waals surface area contributed by atoms with Crippen LogP contribution < -0.4 is 10.5 Å². The summed E-state index contributed by atoms with van der Waals surface area (Å²) in [7, 11) is 0. The van der Waals surface area contributed by atoms with Crippen LogP contribution in [-0.4, -0.2) is 4.11 Å². The molecule has 3 heteroatoms. The van der Waals surface area contributed by atoms with Crippen LogP contribution in [0.25, 0.3) is 5.57 Å². The highest BCUT2D eigenvalue weighted by Crippen LogP contribution is 2.36. The molecule has 0 amide bonds. The van der Waals surface area contributed by atoms with Gasteiger partial charge in [-0.15, -0.1) is 0 Å². The van der Waals surface area contributed by atoms with E-state index in [0.29, 0.717) is 0 Å². The van der Waals surface area contributed by atoms with E-state index in [9.17, 15) is 0 Å². The number of aryl methyl sites for hydroxylation is 1. The Bertz CT molecular complexity index is 505. The lowest BCUT2D eigenvalue weighted by atomic mass is 9.98. The maximum absolute atomic E-state index is 5.96. The molecule has 1 heterocycles.